The lowest BCUT2D eigenvalue weighted by Crippen LogP contribution is -1.94. The van der Waals surface area contributed by atoms with Crippen LogP contribution in [0, 0.1) is 0 Å². The van der Waals surface area contributed by atoms with Crippen LogP contribution in [0.25, 0.3) is 0 Å². The van der Waals surface area contributed by atoms with Crippen LogP contribution in [0.2, 0.25) is 0 Å². The average molecular weight is 198 g/mol. The summed E-state index contributed by atoms with van der Waals surface area (Å²) in [7, 11) is 0. The van der Waals surface area contributed by atoms with E-state index in [4.69, 9.17) is 0 Å². The highest BCUT2D eigenvalue weighted by molar-refractivity contribution is 8.20. The number of hydrogen-bond acceptors (Lipinski definition) is 4. The van der Waals surface area contributed by atoms with Crippen LogP contribution in [0.5, 0.6) is 0 Å². The monoisotopic (exact) mass is 198 g/mol. The zero-order valence-electron chi connectivity index (χ0n) is 6.63. The van der Waals surface area contributed by atoms with Crippen molar-refractivity contribution in [3.63, 3.8) is 0 Å². The van der Waals surface area contributed by atoms with E-state index in [0.717, 1.165) is 9.81 Å². The molecule has 0 aromatic carbocycles. The Labute approximate surface area is 78.5 Å². The van der Waals surface area contributed by atoms with Gasteiger partial charge < -0.3 is 0 Å². The minimum atomic E-state index is 0.0263. The Morgan fingerprint density at radius 3 is 1.50 bits per heavy atom. The zero-order chi connectivity index (χ0) is 8.88. The molecule has 0 aromatic heterocycles. The van der Waals surface area contributed by atoms with Crippen LogP contribution in [0.1, 0.15) is 13.8 Å². The SMILES string of the molecule is CC1=C2C(=O)SC(C)=C2C(=O)S1. The molecule has 0 unspecified atom stereocenters. The highest BCUT2D eigenvalue weighted by atomic mass is 32.2. The summed E-state index contributed by atoms with van der Waals surface area (Å²) >= 11 is 2.34. The Balaban J connectivity index is 2.64. The van der Waals surface area contributed by atoms with Crippen molar-refractivity contribution in [2.45, 2.75) is 13.8 Å². The summed E-state index contributed by atoms with van der Waals surface area (Å²) in [4.78, 5) is 24.3. The first-order valence-electron chi connectivity index (χ1n) is 3.47. The van der Waals surface area contributed by atoms with Gasteiger partial charge in [0, 0.05) is 9.81 Å². The lowest BCUT2D eigenvalue weighted by molar-refractivity contribution is -0.109. The van der Waals surface area contributed by atoms with Gasteiger partial charge in [0.25, 0.3) is 0 Å². The Morgan fingerprint density at radius 1 is 0.833 bits per heavy atom. The van der Waals surface area contributed by atoms with E-state index in [1.165, 1.54) is 23.5 Å². The second-order valence-electron chi connectivity index (χ2n) is 2.64. The molecule has 0 aliphatic carbocycles. The molecule has 4 heteroatoms. The molecule has 0 aromatic rings. The Morgan fingerprint density at radius 2 is 1.17 bits per heavy atom. The first-order valence-corrected chi connectivity index (χ1v) is 5.11. The largest absolute Gasteiger partial charge is 0.281 e. The van der Waals surface area contributed by atoms with Crippen molar-refractivity contribution in [1.29, 1.82) is 0 Å². The zero-order valence-corrected chi connectivity index (χ0v) is 8.27. The van der Waals surface area contributed by atoms with Crippen LogP contribution in [-0.4, -0.2) is 10.2 Å². The molecular weight excluding hydrogens is 192 g/mol. The second-order valence-corrected chi connectivity index (χ2v) is 5.02. The predicted octanol–water partition coefficient (Wildman–Crippen LogP) is 2.08. The van der Waals surface area contributed by atoms with Crippen molar-refractivity contribution < 1.29 is 9.59 Å². The van der Waals surface area contributed by atoms with E-state index < -0.39 is 0 Å². The van der Waals surface area contributed by atoms with E-state index in [-0.39, 0.29) is 10.2 Å². The molecule has 2 nitrogen and oxygen atoms in total. The second kappa shape index (κ2) is 2.50. The van der Waals surface area contributed by atoms with Gasteiger partial charge in [-0.25, -0.2) is 0 Å². The van der Waals surface area contributed by atoms with E-state index in [2.05, 4.69) is 0 Å². The van der Waals surface area contributed by atoms with Gasteiger partial charge in [-0.1, -0.05) is 23.5 Å². The molecule has 0 saturated carbocycles. The number of hydrogen-bond donors (Lipinski definition) is 0. The topological polar surface area (TPSA) is 34.1 Å². The summed E-state index contributed by atoms with van der Waals surface area (Å²) in [6.45, 7) is 3.64. The molecule has 12 heavy (non-hydrogen) atoms. The molecule has 0 amide bonds. The van der Waals surface area contributed by atoms with E-state index >= 15 is 0 Å². The van der Waals surface area contributed by atoms with Gasteiger partial charge in [0.05, 0.1) is 11.1 Å². The van der Waals surface area contributed by atoms with E-state index in [1.807, 2.05) is 13.8 Å². The van der Waals surface area contributed by atoms with Gasteiger partial charge >= 0.3 is 0 Å². The first kappa shape index (κ1) is 8.13. The molecular formula is C8H6O2S2. The van der Waals surface area contributed by atoms with Gasteiger partial charge in [0.1, 0.15) is 0 Å². The molecule has 0 radical (unpaired) electrons. The van der Waals surface area contributed by atoms with Crippen molar-refractivity contribution in [3.8, 4) is 0 Å². The maximum absolute atomic E-state index is 11.3. The van der Waals surface area contributed by atoms with Crippen molar-refractivity contribution >= 4 is 33.8 Å². The van der Waals surface area contributed by atoms with E-state index in [0.29, 0.717) is 11.1 Å². The summed E-state index contributed by atoms with van der Waals surface area (Å²) in [6, 6.07) is 0. The maximum Gasteiger partial charge on any atom is 0.225 e. The van der Waals surface area contributed by atoms with Crippen LogP contribution < -0.4 is 0 Å². The summed E-state index contributed by atoms with van der Waals surface area (Å²) in [5, 5.41) is 0.0525. The van der Waals surface area contributed by atoms with Crippen LogP contribution >= 0.6 is 23.5 Å². The molecule has 2 aliphatic heterocycles. The van der Waals surface area contributed by atoms with Crippen molar-refractivity contribution in [3.05, 3.63) is 21.0 Å². The normalized spacial score (nSPS) is 22.8. The molecule has 62 valence electrons. The highest BCUT2D eigenvalue weighted by Crippen LogP contribution is 2.47. The lowest BCUT2D eigenvalue weighted by atomic mass is 10.1. The van der Waals surface area contributed by atoms with Crippen molar-refractivity contribution in [2.24, 2.45) is 0 Å². The standard InChI is InChI=1S/C8H6O2S2/c1-3-5-6(8(10)11-3)4(2)12-7(5)9/h1-2H3. The maximum atomic E-state index is 11.3. The number of allylic oxidation sites excluding steroid dienone is 2. The van der Waals surface area contributed by atoms with Crippen LogP contribution in [-0.2, 0) is 9.59 Å². The molecule has 0 spiro atoms. The van der Waals surface area contributed by atoms with Gasteiger partial charge in [-0.3, -0.25) is 9.59 Å². The van der Waals surface area contributed by atoms with Crippen LogP contribution in [0.3, 0.4) is 0 Å². The summed E-state index contributed by atoms with van der Waals surface area (Å²) in [5.74, 6) is 0. The number of fused-ring (bicyclic) bond motifs is 1. The molecule has 0 N–H and O–H groups in total. The van der Waals surface area contributed by atoms with Gasteiger partial charge in [0.15, 0.2) is 0 Å². The Bertz CT molecular complexity index is 327. The number of carbonyl (C=O) groups is 2. The van der Waals surface area contributed by atoms with E-state index in [9.17, 15) is 9.59 Å². The van der Waals surface area contributed by atoms with Gasteiger partial charge in [0.2, 0.25) is 10.2 Å². The van der Waals surface area contributed by atoms with Gasteiger partial charge in [-0.15, -0.1) is 0 Å². The summed E-state index contributed by atoms with van der Waals surface area (Å²) in [5.41, 5.74) is 1.29. The fraction of sp³-hybridized carbons (Fsp3) is 0.250. The molecule has 2 heterocycles. The fourth-order valence-electron chi connectivity index (χ4n) is 1.33. The van der Waals surface area contributed by atoms with Crippen LogP contribution in [0.4, 0.5) is 0 Å². The number of rotatable bonds is 0. The third kappa shape index (κ3) is 0.912. The third-order valence-electron chi connectivity index (χ3n) is 1.85. The predicted molar refractivity (Wildman–Crippen MR) is 50.6 cm³/mol. The smallest absolute Gasteiger partial charge is 0.225 e. The van der Waals surface area contributed by atoms with Crippen molar-refractivity contribution in [1.82, 2.24) is 0 Å². The van der Waals surface area contributed by atoms with Gasteiger partial charge in [-0.2, -0.15) is 0 Å². The Kier molecular flexibility index (Phi) is 1.70. The fourth-order valence-corrected chi connectivity index (χ4v) is 3.32. The molecule has 0 saturated heterocycles. The molecule has 2 aliphatic rings. The average Bonchev–Trinajstić information content (AvgIpc) is 2.38. The number of carbonyl (C=O) groups excluding carboxylic acids is 2. The molecule has 2 rings (SSSR count). The highest BCUT2D eigenvalue weighted by Gasteiger charge is 2.37. The quantitative estimate of drug-likeness (QED) is 0.597. The minimum absolute atomic E-state index is 0.0263. The third-order valence-corrected chi connectivity index (χ3v) is 3.65. The lowest BCUT2D eigenvalue weighted by Gasteiger charge is -1.90. The van der Waals surface area contributed by atoms with Crippen molar-refractivity contribution in [2.75, 3.05) is 0 Å². The van der Waals surface area contributed by atoms with Crippen LogP contribution in [0.15, 0.2) is 21.0 Å². The molecule has 0 atom stereocenters. The van der Waals surface area contributed by atoms with E-state index in [1.54, 1.807) is 0 Å². The summed E-state index contributed by atoms with van der Waals surface area (Å²) in [6.07, 6.45) is 0. The Hall–Kier alpha value is -0.480. The summed E-state index contributed by atoms with van der Waals surface area (Å²) < 4.78 is 0. The molecule has 0 fully saturated rings. The molecule has 0 bridgehead atoms. The first-order chi connectivity index (χ1) is 5.61. The number of thioether (sulfide) groups is 2. The van der Waals surface area contributed by atoms with Gasteiger partial charge in [-0.05, 0) is 13.8 Å². The minimum Gasteiger partial charge on any atom is -0.281 e.